The number of nitrogens with zero attached hydrogens (tertiary/aromatic N) is 3. The van der Waals surface area contributed by atoms with Crippen molar-refractivity contribution in [3.8, 4) is 0 Å². The average molecular weight is 398 g/mol. The summed E-state index contributed by atoms with van der Waals surface area (Å²) in [5.74, 6) is 0.766. The van der Waals surface area contributed by atoms with Gasteiger partial charge in [0.15, 0.2) is 5.16 Å². The number of hydrogen-bond acceptors (Lipinski definition) is 6. The Morgan fingerprint density at radius 3 is 2.46 bits per heavy atom. The molecular weight excluding hydrogens is 376 g/mol. The summed E-state index contributed by atoms with van der Waals surface area (Å²) >= 11 is 1.22. The number of rotatable bonds is 5. The Labute approximate surface area is 167 Å². The van der Waals surface area contributed by atoms with Gasteiger partial charge in [-0.1, -0.05) is 30.0 Å². The van der Waals surface area contributed by atoms with Crippen molar-refractivity contribution < 1.29 is 14.0 Å². The molecule has 1 atom stereocenters. The number of nitrogens with one attached hydrogen (secondary N) is 1. The summed E-state index contributed by atoms with van der Waals surface area (Å²) in [5.41, 5.74) is 1.78. The third-order valence-corrected chi connectivity index (χ3v) is 5.30. The van der Waals surface area contributed by atoms with Gasteiger partial charge < -0.3 is 14.6 Å². The van der Waals surface area contributed by atoms with Crippen LogP contribution in [0.4, 0.5) is 5.82 Å². The van der Waals surface area contributed by atoms with E-state index in [1.54, 1.807) is 45.3 Å². The predicted molar refractivity (Wildman–Crippen MR) is 110 cm³/mol. The smallest absolute Gasteiger partial charge is 0.256 e. The van der Waals surface area contributed by atoms with Crippen LogP contribution in [-0.4, -0.2) is 46.0 Å². The fourth-order valence-electron chi connectivity index (χ4n) is 2.71. The Kier molecular flexibility index (Phi) is 5.69. The van der Waals surface area contributed by atoms with Crippen molar-refractivity contribution in [1.29, 1.82) is 0 Å². The van der Waals surface area contributed by atoms with Gasteiger partial charge in [0.05, 0.1) is 10.6 Å². The first-order chi connectivity index (χ1) is 13.3. The Bertz CT molecular complexity index is 1030. The van der Waals surface area contributed by atoms with Crippen LogP contribution in [0.5, 0.6) is 0 Å². The first kappa shape index (κ1) is 19.9. The highest BCUT2D eigenvalue weighted by Gasteiger charge is 2.22. The van der Waals surface area contributed by atoms with Crippen molar-refractivity contribution in [2.45, 2.75) is 31.2 Å². The maximum absolute atomic E-state index is 12.6. The van der Waals surface area contributed by atoms with Crippen molar-refractivity contribution >= 4 is 40.5 Å². The molecule has 2 amide bonds. The maximum atomic E-state index is 12.6. The van der Waals surface area contributed by atoms with Gasteiger partial charge in [-0.3, -0.25) is 9.59 Å². The highest BCUT2D eigenvalue weighted by atomic mass is 32.2. The number of anilines is 1. The van der Waals surface area contributed by atoms with E-state index in [4.69, 9.17) is 4.42 Å². The summed E-state index contributed by atoms with van der Waals surface area (Å²) in [7, 11) is 3.41. The van der Waals surface area contributed by atoms with Crippen LogP contribution in [-0.2, 0) is 4.79 Å². The zero-order valence-corrected chi connectivity index (χ0v) is 17.3. The molecule has 0 aliphatic heterocycles. The molecule has 0 saturated carbocycles. The third kappa shape index (κ3) is 4.01. The van der Waals surface area contributed by atoms with Crippen molar-refractivity contribution in [3.05, 3.63) is 47.2 Å². The van der Waals surface area contributed by atoms with Crippen LogP contribution < -0.4 is 5.32 Å². The number of fused-ring (bicyclic) bond motifs is 1. The van der Waals surface area contributed by atoms with Gasteiger partial charge in [0.1, 0.15) is 11.6 Å². The van der Waals surface area contributed by atoms with E-state index in [0.29, 0.717) is 33.4 Å². The van der Waals surface area contributed by atoms with E-state index in [1.807, 2.05) is 19.9 Å². The van der Waals surface area contributed by atoms with E-state index in [1.165, 1.54) is 16.7 Å². The van der Waals surface area contributed by atoms with E-state index in [-0.39, 0.29) is 17.1 Å². The van der Waals surface area contributed by atoms with Gasteiger partial charge in [-0.15, -0.1) is 0 Å². The molecular formula is C20H22N4O3S. The standard InChI is InChI=1S/C20H22N4O3S/c1-11-12(2)27-18-15(11)16(21-17(25)14-9-7-6-8-10-14)22-20(23-18)28-13(3)19(26)24(4)5/h6-10,13H,1-5H3,(H,21,22,23,25). The lowest BCUT2D eigenvalue weighted by Gasteiger charge is -2.16. The van der Waals surface area contributed by atoms with Gasteiger partial charge >= 0.3 is 0 Å². The Morgan fingerprint density at radius 1 is 1.14 bits per heavy atom. The lowest BCUT2D eigenvalue weighted by Crippen LogP contribution is -2.29. The second-order valence-electron chi connectivity index (χ2n) is 6.63. The number of aromatic nitrogens is 2. The average Bonchev–Trinajstić information content (AvgIpc) is 2.95. The minimum absolute atomic E-state index is 0.0459. The largest absolute Gasteiger partial charge is 0.443 e. The van der Waals surface area contributed by atoms with Crippen molar-refractivity contribution in [2.24, 2.45) is 0 Å². The summed E-state index contributed by atoms with van der Waals surface area (Å²) in [6.45, 7) is 5.53. The minimum atomic E-state index is -0.373. The normalized spacial score (nSPS) is 12.0. The molecule has 1 unspecified atom stereocenters. The zero-order valence-electron chi connectivity index (χ0n) is 16.4. The molecule has 2 heterocycles. The zero-order chi connectivity index (χ0) is 20.4. The van der Waals surface area contributed by atoms with Gasteiger partial charge in [0, 0.05) is 25.2 Å². The van der Waals surface area contributed by atoms with Crippen molar-refractivity contribution in [2.75, 3.05) is 19.4 Å². The molecule has 2 aromatic heterocycles. The Balaban J connectivity index is 1.99. The maximum Gasteiger partial charge on any atom is 0.256 e. The molecule has 7 nitrogen and oxygen atoms in total. The Morgan fingerprint density at radius 2 is 1.82 bits per heavy atom. The fraction of sp³-hybridized carbons (Fsp3) is 0.300. The molecule has 1 aromatic carbocycles. The number of benzene rings is 1. The highest BCUT2D eigenvalue weighted by molar-refractivity contribution is 8.00. The number of thioether (sulfide) groups is 1. The van der Waals surface area contributed by atoms with Gasteiger partial charge in [0.25, 0.3) is 5.91 Å². The lowest BCUT2D eigenvalue weighted by molar-refractivity contribution is -0.127. The summed E-state index contributed by atoms with van der Waals surface area (Å²) in [6, 6.07) is 8.91. The van der Waals surface area contributed by atoms with E-state index >= 15 is 0 Å². The number of carbonyl (C=O) groups excluding carboxylic acids is 2. The molecule has 0 aliphatic rings. The molecule has 8 heteroatoms. The topological polar surface area (TPSA) is 88.3 Å². The summed E-state index contributed by atoms with van der Waals surface area (Å²) in [4.78, 5) is 35.3. The van der Waals surface area contributed by atoms with Crippen molar-refractivity contribution in [3.63, 3.8) is 0 Å². The van der Waals surface area contributed by atoms with Gasteiger partial charge in [-0.05, 0) is 32.9 Å². The molecule has 0 saturated heterocycles. The van der Waals surface area contributed by atoms with Gasteiger partial charge in [0.2, 0.25) is 11.6 Å². The number of amides is 2. The predicted octanol–water partition coefficient (Wildman–Crippen LogP) is 3.66. The molecule has 3 rings (SSSR count). The number of aryl methyl sites for hydroxylation is 2. The van der Waals surface area contributed by atoms with Crippen LogP contribution in [0.15, 0.2) is 39.9 Å². The summed E-state index contributed by atoms with van der Waals surface area (Å²) in [5, 5.41) is 3.52. The van der Waals surface area contributed by atoms with Crippen LogP contribution in [0.1, 0.15) is 28.6 Å². The van der Waals surface area contributed by atoms with Crippen LogP contribution in [0.25, 0.3) is 11.1 Å². The summed E-state index contributed by atoms with van der Waals surface area (Å²) in [6.07, 6.45) is 0. The molecule has 0 radical (unpaired) electrons. The molecule has 146 valence electrons. The number of furan rings is 1. The molecule has 0 bridgehead atoms. The molecule has 0 fully saturated rings. The number of hydrogen-bond donors (Lipinski definition) is 1. The molecule has 3 aromatic rings. The van der Waals surface area contributed by atoms with Crippen LogP contribution in [0.2, 0.25) is 0 Å². The second kappa shape index (κ2) is 8.02. The van der Waals surface area contributed by atoms with Crippen LogP contribution in [0.3, 0.4) is 0 Å². The lowest BCUT2D eigenvalue weighted by atomic mass is 10.2. The van der Waals surface area contributed by atoms with Gasteiger partial charge in [-0.25, -0.2) is 4.98 Å². The minimum Gasteiger partial charge on any atom is -0.443 e. The molecule has 0 aliphatic carbocycles. The summed E-state index contributed by atoms with van der Waals surface area (Å²) < 4.78 is 5.75. The van der Waals surface area contributed by atoms with Crippen LogP contribution in [0, 0.1) is 13.8 Å². The first-order valence-electron chi connectivity index (χ1n) is 8.80. The van der Waals surface area contributed by atoms with E-state index < -0.39 is 0 Å². The number of carbonyl (C=O) groups is 2. The first-order valence-corrected chi connectivity index (χ1v) is 9.68. The van der Waals surface area contributed by atoms with E-state index in [2.05, 4.69) is 15.3 Å². The molecule has 1 N–H and O–H groups in total. The SMILES string of the molecule is Cc1oc2nc(SC(C)C(=O)N(C)C)nc(NC(=O)c3ccccc3)c2c1C. The molecule has 0 spiro atoms. The van der Waals surface area contributed by atoms with Crippen LogP contribution >= 0.6 is 11.8 Å². The quantitative estimate of drug-likeness (QED) is 0.521. The monoisotopic (exact) mass is 398 g/mol. The van der Waals surface area contributed by atoms with E-state index in [9.17, 15) is 9.59 Å². The van der Waals surface area contributed by atoms with E-state index in [0.717, 1.165) is 5.56 Å². The highest BCUT2D eigenvalue weighted by Crippen LogP contribution is 2.32. The third-order valence-electron chi connectivity index (χ3n) is 4.35. The Hall–Kier alpha value is -2.87. The fourth-order valence-corrected chi connectivity index (χ4v) is 3.62. The van der Waals surface area contributed by atoms with Gasteiger partial charge in [-0.2, -0.15) is 4.98 Å². The molecule has 28 heavy (non-hydrogen) atoms. The van der Waals surface area contributed by atoms with Crippen molar-refractivity contribution in [1.82, 2.24) is 14.9 Å². The second-order valence-corrected chi connectivity index (χ2v) is 7.94.